The van der Waals surface area contributed by atoms with Crippen LogP contribution in [0.15, 0.2) is 0 Å². The molecule has 1 aliphatic heterocycles. The number of aromatic amines is 1. The average Bonchev–Trinajstić information content (AvgIpc) is 2.95. The molecule has 1 amide bonds. The summed E-state index contributed by atoms with van der Waals surface area (Å²) in [5.41, 5.74) is 2.52. The molecule has 5 nitrogen and oxygen atoms in total. The van der Waals surface area contributed by atoms with E-state index in [0.29, 0.717) is 11.7 Å². The van der Waals surface area contributed by atoms with Gasteiger partial charge >= 0.3 is 0 Å². The third-order valence-corrected chi connectivity index (χ3v) is 3.36. The molecule has 1 fully saturated rings. The van der Waals surface area contributed by atoms with E-state index in [1.807, 2.05) is 13.8 Å². The van der Waals surface area contributed by atoms with Crippen LogP contribution in [0.5, 0.6) is 0 Å². The molecule has 2 aliphatic rings. The van der Waals surface area contributed by atoms with Crippen LogP contribution in [0.25, 0.3) is 0 Å². The van der Waals surface area contributed by atoms with E-state index in [1.54, 1.807) is 0 Å². The molecule has 0 saturated heterocycles. The molecule has 2 N–H and O–H groups in total. The Balaban J connectivity index is 1.87. The molecule has 92 valence electrons. The van der Waals surface area contributed by atoms with Crippen molar-refractivity contribution in [1.29, 1.82) is 0 Å². The maximum absolute atomic E-state index is 12.0. The number of rotatable bonds is 2. The normalized spacial score (nSPS) is 27.6. The van der Waals surface area contributed by atoms with Crippen LogP contribution in [-0.2, 0) is 11.2 Å². The molecule has 3 rings (SSSR count). The number of fused-ring (bicyclic) bond motifs is 1. The first kappa shape index (κ1) is 10.8. The van der Waals surface area contributed by atoms with E-state index in [1.165, 1.54) is 0 Å². The maximum atomic E-state index is 12.0. The first-order valence-corrected chi connectivity index (χ1v) is 6.18. The smallest absolute Gasteiger partial charge is 0.272 e. The van der Waals surface area contributed by atoms with Crippen LogP contribution in [0.4, 0.5) is 0 Å². The zero-order valence-electron chi connectivity index (χ0n) is 10.1. The van der Waals surface area contributed by atoms with Crippen LogP contribution in [-0.4, -0.2) is 28.3 Å². The number of H-pyrrole nitrogens is 1. The largest absolute Gasteiger partial charge is 0.369 e. The highest BCUT2D eigenvalue weighted by Crippen LogP contribution is 2.30. The Kier molecular flexibility index (Phi) is 2.43. The van der Waals surface area contributed by atoms with Crippen molar-refractivity contribution in [2.75, 3.05) is 0 Å². The third kappa shape index (κ3) is 1.95. The van der Waals surface area contributed by atoms with Gasteiger partial charge in [-0.15, -0.1) is 0 Å². The number of hydrogen-bond donors (Lipinski definition) is 2. The fourth-order valence-corrected chi connectivity index (χ4v) is 2.34. The molecule has 0 unspecified atom stereocenters. The van der Waals surface area contributed by atoms with Gasteiger partial charge in [0.15, 0.2) is 5.69 Å². The van der Waals surface area contributed by atoms with E-state index in [2.05, 4.69) is 15.5 Å². The van der Waals surface area contributed by atoms with Gasteiger partial charge in [0.25, 0.3) is 5.91 Å². The highest BCUT2D eigenvalue weighted by atomic mass is 16.5. The van der Waals surface area contributed by atoms with Gasteiger partial charge in [-0.25, -0.2) is 0 Å². The Morgan fingerprint density at radius 1 is 1.47 bits per heavy atom. The summed E-state index contributed by atoms with van der Waals surface area (Å²) in [6, 6.07) is 0.365. The minimum Gasteiger partial charge on any atom is -0.369 e. The highest BCUT2D eigenvalue weighted by Gasteiger charge is 2.31. The Hall–Kier alpha value is -1.36. The Morgan fingerprint density at radius 3 is 2.94 bits per heavy atom. The molecule has 0 aromatic carbocycles. The summed E-state index contributed by atoms with van der Waals surface area (Å²) in [5.74, 6) is -0.0497. The zero-order valence-corrected chi connectivity index (χ0v) is 10.1. The standard InChI is InChI=1S/C12H17N3O2/c1-6-5-9-10(7(2)17-6)14-15-11(9)12(16)13-8-3-4-8/h6-8H,3-5H2,1-2H3,(H,13,16)(H,14,15)/t6-,7+/m1/s1. The van der Waals surface area contributed by atoms with Crippen LogP contribution >= 0.6 is 0 Å². The molecular weight excluding hydrogens is 218 g/mol. The summed E-state index contributed by atoms with van der Waals surface area (Å²) in [6.07, 6.45) is 3.07. The van der Waals surface area contributed by atoms with Gasteiger partial charge in [-0.3, -0.25) is 9.89 Å². The van der Waals surface area contributed by atoms with Crippen LogP contribution < -0.4 is 5.32 Å². The minimum absolute atomic E-state index is 0.0104. The number of amides is 1. The van der Waals surface area contributed by atoms with Crippen molar-refractivity contribution in [2.45, 2.75) is 51.4 Å². The van der Waals surface area contributed by atoms with Gasteiger partial charge in [-0.1, -0.05) is 0 Å². The topological polar surface area (TPSA) is 67.0 Å². The molecule has 5 heteroatoms. The second-order valence-corrected chi connectivity index (χ2v) is 5.01. The lowest BCUT2D eigenvalue weighted by Crippen LogP contribution is -2.29. The second-order valence-electron chi connectivity index (χ2n) is 5.01. The molecule has 2 heterocycles. The second kappa shape index (κ2) is 3.84. The predicted molar refractivity (Wildman–Crippen MR) is 61.7 cm³/mol. The summed E-state index contributed by atoms with van der Waals surface area (Å²) in [7, 11) is 0. The zero-order chi connectivity index (χ0) is 12.0. The van der Waals surface area contributed by atoms with E-state index in [9.17, 15) is 4.79 Å². The number of nitrogens with one attached hydrogen (secondary N) is 2. The van der Waals surface area contributed by atoms with Crippen molar-refractivity contribution in [3.8, 4) is 0 Å². The van der Waals surface area contributed by atoms with Crippen molar-refractivity contribution < 1.29 is 9.53 Å². The van der Waals surface area contributed by atoms with E-state index >= 15 is 0 Å². The minimum atomic E-state index is -0.0497. The van der Waals surface area contributed by atoms with Crippen molar-refractivity contribution in [1.82, 2.24) is 15.5 Å². The van der Waals surface area contributed by atoms with Gasteiger partial charge in [0.2, 0.25) is 0 Å². The Labute approximate surface area is 99.9 Å². The number of hydrogen-bond acceptors (Lipinski definition) is 3. The lowest BCUT2D eigenvalue weighted by molar-refractivity contribution is -0.00697. The summed E-state index contributed by atoms with van der Waals surface area (Å²) >= 11 is 0. The number of aromatic nitrogens is 2. The Bertz CT molecular complexity index is 451. The Morgan fingerprint density at radius 2 is 2.24 bits per heavy atom. The van der Waals surface area contributed by atoms with Crippen molar-refractivity contribution in [3.05, 3.63) is 17.0 Å². The first-order chi connectivity index (χ1) is 8.15. The molecule has 0 radical (unpaired) electrons. The van der Waals surface area contributed by atoms with Crippen molar-refractivity contribution in [2.24, 2.45) is 0 Å². The van der Waals surface area contributed by atoms with Gasteiger partial charge in [0, 0.05) is 18.0 Å². The molecule has 17 heavy (non-hydrogen) atoms. The SMILES string of the molecule is C[C@@H]1Cc2c(C(=O)NC3CC3)n[nH]c2[C@H](C)O1. The van der Waals surface area contributed by atoms with E-state index < -0.39 is 0 Å². The van der Waals surface area contributed by atoms with Gasteiger partial charge in [0.1, 0.15) is 0 Å². The number of nitrogens with zero attached hydrogens (tertiary/aromatic N) is 1. The van der Waals surface area contributed by atoms with Crippen molar-refractivity contribution >= 4 is 5.91 Å². The van der Waals surface area contributed by atoms with E-state index in [4.69, 9.17) is 4.74 Å². The van der Waals surface area contributed by atoms with Gasteiger partial charge in [0.05, 0.1) is 17.9 Å². The van der Waals surface area contributed by atoms with E-state index in [0.717, 1.165) is 30.5 Å². The molecule has 0 spiro atoms. The van der Waals surface area contributed by atoms with Crippen LogP contribution in [0.1, 0.15) is 54.5 Å². The summed E-state index contributed by atoms with van der Waals surface area (Å²) < 4.78 is 5.70. The first-order valence-electron chi connectivity index (χ1n) is 6.18. The third-order valence-electron chi connectivity index (χ3n) is 3.36. The molecule has 2 atom stereocenters. The van der Waals surface area contributed by atoms with Gasteiger partial charge in [-0.2, -0.15) is 5.10 Å². The summed E-state index contributed by atoms with van der Waals surface area (Å²) in [5, 5.41) is 10.1. The molecule has 1 aliphatic carbocycles. The quantitative estimate of drug-likeness (QED) is 0.812. The van der Waals surface area contributed by atoms with Crippen LogP contribution in [0.2, 0.25) is 0 Å². The van der Waals surface area contributed by atoms with Gasteiger partial charge < -0.3 is 10.1 Å². The number of ether oxygens (including phenoxy) is 1. The highest BCUT2D eigenvalue weighted by molar-refractivity contribution is 5.94. The average molecular weight is 235 g/mol. The predicted octanol–water partition coefficient (Wildman–Crippen LogP) is 1.32. The fraction of sp³-hybridized carbons (Fsp3) is 0.667. The lowest BCUT2D eigenvalue weighted by Gasteiger charge is -2.25. The fourth-order valence-electron chi connectivity index (χ4n) is 2.34. The number of carbonyl (C=O) groups is 1. The van der Waals surface area contributed by atoms with Crippen molar-refractivity contribution in [3.63, 3.8) is 0 Å². The molecule has 1 aromatic heterocycles. The maximum Gasteiger partial charge on any atom is 0.272 e. The van der Waals surface area contributed by atoms with Crippen LogP contribution in [0.3, 0.4) is 0 Å². The molecular formula is C12H17N3O2. The lowest BCUT2D eigenvalue weighted by atomic mass is 9.99. The molecule has 0 bridgehead atoms. The molecule has 1 saturated carbocycles. The van der Waals surface area contributed by atoms with E-state index in [-0.39, 0.29) is 18.1 Å². The monoisotopic (exact) mass is 235 g/mol. The summed E-state index contributed by atoms with van der Waals surface area (Å²) in [4.78, 5) is 12.0. The van der Waals surface area contributed by atoms with Gasteiger partial charge in [-0.05, 0) is 26.7 Å². The summed E-state index contributed by atoms with van der Waals surface area (Å²) in [6.45, 7) is 4.00. The number of carbonyl (C=O) groups excluding carboxylic acids is 1. The van der Waals surface area contributed by atoms with Crippen LogP contribution in [0, 0.1) is 0 Å². The molecule has 1 aromatic rings.